The summed E-state index contributed by atoms with van der Waals surface area (Å²) in [6.07, 6.45) is 54.0. The summed E-state index contributed by atoms with van der Waals surface area (Å²) in [6, 6.07) is -0.929. The van der Waals surface area contributed by atoms with Crippen molar-refractivity contribution in [2.45, 2.75) is 402 Å². The largest absolute Gasteiger partial charge is 0.394 e. The molecule has 0 saturated carbocycles. The van der Waals surface area contributed by atoms with E-state index in [1.54, 1.807) is 6.08 Å². The molecule has 14 nitrogen and oxygen atoms in total. The number of ether oxygens (including phenoxy) is 4. The van der Waals surface area contributed by atoms with Gasteiger partial charge in [0.15, 0.2) is 12.6 Å². The Morgan fingerprint density at radius 2 is 0.753 bits per heavy atom. The van der Waals surface area contributed by atoms with E-state index in [2.05, 4.69) is 31.3 Å². The number of hydrogen-bond acceptors (Lipinski definition) is 13. The Labute approximate surface area is 519 Å². The molecule has 0 aliphatic carbocycles. The summed E-state index contributed by atoms with van der Waals surface area (Å²) in [4.78, 5) is 13.3. The molecular formula is C71H135NO13. The third-order valence-electron chi connectivity index (χ3n) is 17.9. The van der Waals surface area contributed by atoms with Crippen LogP contribution in [0.5, 0.6) is 0 Å². The van der Waals surface area contributed by atoms with Crippen molar-refractivity contribution in [2.24, 2.45) is 0 Å². The van der Waals surface area contributed by atoms with Gasteiger partial charge < -0.3 is 65.1 Å². The number of nitrogens with one attached hydrogen (secondary N) is 1. The molecule has 1 amide bonds. The first-order chi connectivity index (χ1) is 41.6. The number of aliphatic hydroxyl groups is 8. The number of amides is 1. The van der Waals surface area contributed by atoms with Crippen LogP contribution >= 0.6 is 0 Å². The van der Waals surface area contributed by atoms with E-state index in [0.29, 0.717) is 12.8 Å². The maximum Gasteiger partial charge on any atom is 0.220 e. The van der Waals surface area contributed by atoms with Gasteiger partial charge in [0.1, 0.15) is 48.8 Å². The van der Waals surface area contributed by atoms with Crippen LogP contribution in [0.1, 0.15) is 328 Å². The van der Waals surface area contributed by atoms with Gasteiger partial charge >= 0.3 is 0 Å². The van der Waals surface area contributed by atoms with E-state index in [1.165, 1.54) is 263 Å². The molecule has 502 valence electrons. The molecule has 2 aliphatic heterocycles. The lowest BCUT2D eigenvalue weighted by Crippen LogP contribution is -2.65. The van der Waals surface area contributed by atoms with Gasteiger partial charge in [-0.05, 0) is 32.1 Å². The molecular weight excluding hydrogens is 1070 g/mol. The predicted molar refractivity (Wildman–Crippen MR) is 346 cm³/mol. The SMILES string of the molecule is CCCCCCCCCCCCCCCCCCCCCCCCCCCC/C=C/CC/C=C/C(O)C(COC1OC(CO)C(OC2OC(CO)C(O)C(O)C2O)C(O)C1O)NC(=O)CCCCCCCCCCCCCCCCCCCCC. The van der Waals surface area contributed by atoms with Crippen LogP contribution < -0.4 is 5.32 Å². The van der Waals surface area contributed by atoms with Crippen molar-refractivity contribution in [3.63, 3.8) is 0 Å². The molecule has 0 aromatic rings. The molecule has 2 aliphatic rings. The number of allylic oxidation sites excluding steroid dienone is 3. The van der Waals surface area contributed by atoms with Gasteiger partial charge in [0.25, 0.3) is 0 Å². The van der Waals surface area contributed by atoms with Crippen molar-refractivity contribution >= 4 is 5.91 Å². The van der Waals surface area contributed by atoms with Crippen LogP contribution in [0.25, 0.3) is 0 Å². The van der Waals surface area contributed by atoms with E-state index < -0.39 is 86.8 Å². The van der Waals surface area contributed by atoms with Gasteiger partial charge in [-0.2, -0.15) is 0 Å². The number of rotatable bonds is 60. The van der Waals surface area contributed by atoms with Gasteiger partial charge in [-0.3, -0.25) is 4.79 Å². The van der Waals surface area contributed by atoms with Crippen molar-refractivity contribution < 1.29 is 64.6 Å². The Balaban J connectivity index is 1.66. The molecule has 14 heteroatoms. The Bertz CT molecular complexity index is 1520. The number of hydrogen-bond donors (Lipinski definition) is 9. The second-order valence-electron chi connectivity index (χ2n) is 25.7. The van der Waals surface area contributed by atoms with Crippen molar-refractivity contribution in [1.29, 1.82) is 0 Å². The van der Waals surface area contributed by atoms with E-state index in [0.717, 1.165) is 32.1 Å². The fourth-order valence-corrected chi connectivity index (χ4v) is 12.1. The van der Waals surface area contributed by atoms with Crippen LogP contribution in [0.2, 0.25) is 0 Å². The minimum absolute atomic E-state index is 0.242. The molecule has 0 bridgehead atoms. The zero-order chi connectivity index (χ0) is 61.6. The fraction of sp³-hybridized carbons (Fsp3) is 0.930. The van der Waals surface area contributed by atoms with E-state index in [9.17, 15) is 45.6 Å². The highest BCUT2D eigenvalue weighted by Crippen LogP contribution is 2.30. The van der Waals surface area contributed by atoms with Gasteiger partial charge in [0.2, 0.25) is 5.91 Å². The molecule has 0 aromatic carbocycles. The number of carbonyl (C=O) groups excluding carboxylic acids is 1. The quantitative estimate of drug-likeness (QED) is 0.0204. The maximum absolute atomic E-state index is 13.3. The molecule has 2 fully saturated rings. The van der Waals surface area contributed by atoms with Crippen LogP contribution in [0.3, 0.4) is 0 Å². The van der Waals surface area contributed by atoms with E-state index in [1.807, 2.05) is 6.08 Å². The Hall–Kier alpha value is -1.53. The van der Waals surface area contributed by atoms with Gasteiger partial charge in [0.05, 0.1) is 32.0 Å². The van der Waals surface area contributed by atoms with E-state index in [4.69, 9.17) is 18.9 Å². The first kappa shape index (κ1) is 79.6. The normalized spacial score (nSPS) is 23.6. The summed E-state index contributed by atoms with van der Waals surface area (Å²) < 4.78 is 22.8. The van der Waals surface area contributed by atoms with Gasteiger partial charge in [-0.1, -0.05) is 314 Å². The first-order valence-electron chi connectivity index (χ1n) is 36.1. The summed E-state index contributed by atoms with van der Waals surface area (Å²) in [7, 11) is 0. The molecule has 0 radical (unpaired) electrons. The Morgan fingerprint density at radius 3 is 1.15 bits per heavy atom. The van der Waals surface area contributed by atoms with Crippen LogP contribution in [0.4, 0.5) is 0 Å². The Morgan fingerprint density at radius 1 is 0.412 bits per heavy atom. The van der Waals surface area contributed by atoms with Gasteiger partial charge in [-0.15, -0.1) is 0 Å². The third-order valence-corrected chi connectivity index (χ3v) is 17.9. The number of unbranched alkanes of at least 4 members (excludes halogenated alkanes) is 45. The Kier molecular flexibility index (Phi) is 52.8. The van der Waals surface area contributed by atoms with Crippen molar-refractivity contribution in [1.82, 2.24) is 5.32 Å². The monoisotopic (exact) mass is 1210 g/mol. The summed E-state index contributed by atoms with van der Waals surface area (Å²) in [6.45, 7) is 2.84. The highest BCUT2D eigenvalue weighted by atomic mass is 16.7. The van der Waals surface area contributed by atoms with Crippen LogP contribution in [0.15, 0.2) is 24.3 Å². The van der Waals surface area contributed by atoms with Gasteiger partial charge in [0, 0.05) is 6.42 Å². The zero-order valence-electron chi connectivity index (χ0n) is 54.6. The molecule has 85 heavy (non-hydrogen) atoms. The highest BCUT2D eigenvalue weighted by molar-refractivity contribution is 5.76. The second kappa shape index (κ2) is 56.5. The summed E-state index contributed by atoms with van der Waals surface area (Å²) in [5.41, 5.74) is 0. The van der Waals surface area contributed by atoms with Crippen molar-refractivity contribution in [3.05, 3.63) is 24.3 Å². The molecule has 0 spiro atoms. The van der Waals surface area contributed by atoms with Crippen LogP contribution in [-0.4, -0.2) is 140 Å². The number of carbonyl (C=O) groups is 1. The molecule has 2 saturated heterocycles. The van der Waals surface area contributed by atoms with E-state index >= 15 is 0 Å². The predicted octanol–water partition coefficient (Wildman–Crippen LogP) is 14.7. The molecule has 0 aromatic heterocycles. The summed E-state index contributed by atoms with van der Waals surface area (Å²) in [5.74, 6) is -0.242. The topological polar surface area (TPSA) is 228 Å². The average molecular weight is 1210 g/mol. The lowest BCUT2D eigenvalue weighted by atomic mass is 9.97. The maximum atomic E-state index is 13.3. The third kappa shape index (κ3) is 40.8. The minimum Gasteiger partial charge on any atom is -0.394 e. The summed E-state index contributed by atoms with van der Waals surface area (Å²) >= 11 is 0. The van der Waals surface area contributed by atoms with Crippen molar-refractivity contribution in [3.8, 4) is 0 Å². The molecule has 2 rings (SSSR count). The fourth-order valence-electron chi connectivity index (χ4n) is 12.1. The van der Waals surface area contributed by atoms with Crippen LogP contribution in [0, 0.1) is 0 Å². The lowest BCUT2D eigenvalue weighted by Gasteiger charge is -2.46. The van der Waals surface area contributed by atoms with Gasteiger partial charge in [-0.25, -0.2) is 0 Å². The molecule has 12 unspecified atom stereocenters. The zero-order valence-corrected chi connectivity index (χ0v) is 54.6. The average Bonchev–Trinajstić information content (AvgIpc) is 3.70. The second-order valence-corrected chi connectivity index (χ2v) is 25.7. The number of aliphatic hydroxyl groups excluding tert-OH is 8. The van der Waals surface area contributed by atoms with Crippen molar-refractivity contribution in [2.75, 3.05) is 19.8 Å². The smallest absolute Gasteiger partial charge is 0.220 e. The van der Waals surface area contributed by atoms with E-state index in [-0.39, 0.29) is 18.9 Å². The lowest BCUT2D eigenvalue weighted by molar-refractivity contribution is -0.359. The molecule has 12 atom stereocenters. The van der Waals surface area contributed by atoms with Crippen LogP contribution in [-0.2, 0) is 23.7 Å². The minimum atomic E-state index is -1.79. The standard InChI is InChI=1S/C71H135NO13/c1-3-5-7-9-11-13-15-17-19-21-23-24-25-26-27-28-29-30-31-32-33-34-35-37-38-40-42-44-46-48-50-52-54-60(75)59(72-63(76)55-53-51-49-47-45-43-41-39-36-22-20-18-16-14-12-10-8-6-4-2)58-82-70-68(81)66(79)69(62(57-74)84-70)85-71-67(80)65(78)64(77)61(56-73)83-71/h44,46,52,54,59-62,64-71,73-75,77-81H,3-43,45,47-51,53,55-58H2,1-2H3,(H,72,76)/b46-44+,54-52+. The first-order valence-corrected chi connectivity index (χ1v) is 36.1. The summed E-state index contributed by atoms with van der Waals surface area (Å²) in [5, 5.41) is 87.4. The molecule has 2 heterocycles. The highest BCUT2D eigenvalue weighted by Gasteiger charge is 2.51. The molecule has 9 N–H and O–H groups in total.